The van der Waals surface area contributed by atoms with Gasteiger partial charge in [-0.05, 0) is 49.7 Å². The first-order chi connectivity index (χ1) is 12.5. The molecular weight excluding hydrogens is 352 g/mol. The molecule has 2 aliphatic heterocycles. The zero-order valence-electron chi connectivity index (χ0n) is 14.8. The molecule has 3 N–H and O–H groups in total. The Kier molecular flexibility index (Phi) is 5.61. The largest absolute Gasteiger partial charge is 0.447 e. The summed E-state index contributed by atoms with van der Waals surface area (Å²) in [6.45, 7) is 3.77. The normalized spacial score (nSPS) is 20.8. The summed E-state index contributed by atoms with van der Waals surface area (Å²) in [5.74, 6) is -0.0221. The molecule has 1 aromatic carbocycles. The molecule has 1 atom stereocenters. The van der Waals surface area contributed by atoms with Gasteiger partial charge < -0.3 is 20.7 Å². The molecule has 0 aromatic heterocycles. The van der Waals surface area contributed by atoms with Crippen LogP contribution in [0.4, 0.5) is 10.5 Å². The Morgan fingerprint density at radius 2 is 2.12 bits per heavy atom. The van der Waals surface area contributed by atoms with Gasteiger partial charge in [-0.1, -0.05) is 13.0 Å². The van der Waals surface area contributed by atoms with Crippen LogP contribution >= 0.6 is 12.2 Å². The van der Waals surface area contributed by atoms with Crippen LogP contribution in [-0.4, -0.2) is 58.7 Å². The fourth-order valence-corrected chi connectivity index (χ4v) is 3.75. The molecule has 1 unspecified atom stereocenters. The van der Waals surface area contributed by atoms with Crippen LogP contribution in [0.5, 0.6) is 0 Å². The van der Waals surface area contributed by atoms with Gasteiger partial charge in [0.15, 0.2) is 5.11 Å². The molecule has 0 saturated carbocycles. The molecule has 26 heavy (non-hydrogen) atoms. The highest BCUT2D eigenvalue weighted by atomic mass is 32.1. The molecule has 7 nitrogen and oxygen atoms in total. The molecule has 2 fully saturated rings. The number of benzene rings is 1. The summed E-state index contributed by atoms with van der Waals surface area (Å²) < 4.78 is 5.19. The smallest absolute Gasteiger partial charge is 0.410 e. The molecule has 3 rings (SSSR count). The van der Waals surface area contributed by atoms with Crippen molar-refractivity contribution >= 4 is 35.0 Å². The highest BCUT2D eigenvalue weighted by Gasteiger charge is 2.38. The number of amides is 2. The van der Waals surface area contributed by atoms with Crippen molar-refractivity contribution in [3.8, 4) is 0 Å². The van der Waals surface area contributed by atoms with E-state index < -0.39 is 0 Å². The van der Waals surface area contributed by atoms with Gasteiger partial charge >= 0.3 is 6.09 Å². The highest BCUT2D eigenvalue weighted by Crippen LogP contribution is 2.26. The van der Waals surface area contributed by atoms with Gasteiger partial charge in [-0.15, -0.1) is 0 Å². The van der Waals surface area contributed by atoms with Crippen LogP contribution in [0.2, 0.25) is 0 Å². The molecular formula is C18H24N4O3S. The third kappa shape index (κ3) is 3.90. The number of rotatable bonds is 4. The van der Waals surface area contributed by atoms with E-state index in [0.29, 0.717) is 30.9 Å². The summed E-state index contributed by atoms with van der Waals surface area (Å²) in [5, 5.41) is 3.01. The van der Waals surface area contributed by atoms with Crippen molar-refractivity contribution in [2.24, 2.45) is 5.73 Å². The number of hydrogen-bond donors (Lipinski definition) is 2. The summed E-state index contributed by atoms with van der Waals surface area (Å²) in [7, 11) is 0. The summed E-state index contributed by atoms with van der Waals surface area (Å²) in [6.07, 6.45) is 2.19. The Hall–Kier alpha value is -2.35. The van der Waals surface area contributed by atoms with Gasteiger partial charge in [0.2, 0.25) is 0 Å². The Bertz CT molecular complexity index is 703. The number of nitrogens with one attached hydrogen (secondary N) is 1. The molecule has 2 saturated heterocycles. The summed E-state index contributed by atoms with van der Waals surface area (Å²) >= 11 is 4.83. The van der Waals surface area contributed by atoms with Gasteiger partial charge in [0.05, 0.1) is 6.04 Å². The van der Waals surface area contributed by atoms with Crippen LogP contribution in [0.1, 0.15) is 36.5 Å². The predicted octanol–water partition coefficient (Wildman–Crippen LogP) is 2.18. The number of ether oxygens (including phenoxy) is 1. The van der Waals surface area contributed by atoms with Crippen LogP contribution in [0.25, 0.3) is 0 Å². The minimum atomic E-state index is -0.224. The van der Waals surface area contributed by atoms with E-state index in [0.717, 1.165) is 19.3 Å². The first-order valence-corrected chi connectivity index (χ1v) is 9.31. The third-order valence-corrected chi connectivity index (χ3v) is 5.10. The Labute approximate surface area is 158 Å². The van der Waals surface area contributed by atoms with E-state index in [2.05, 4.69) is 12.2 Å². The molecule has 2 aliphatic rings. The SMILES string of the molecule is CCC1COC(=O)N1C1CCN(C(=O)c2cccc(NC(N)=S)c2)CC1. The number of carbonyl (C=O) groups is 2. The zero-order valence-corrected chi connectivity index (χ0v) is 15.6. The molecule has 1 aromatic rings. The summed E-state index contributed by atoms with van der Waals surface area (Å²) in [5.41, 5.74) is 6.78. The minimum Gasteiger partial charge on any atom is -0.447 e. The standard InChI is InChI=1S/C18H24N4O3S/c1-2-14-11-25-18(24)22(14)15-6-8-21(9-7-15)16(23)12-4-3-5-13(10-12)20-17(19)26/h3-5,10,14-15H,2,6-9,11H2,1H3,(H3,19,20,26). The number of piperidine rings is 1. The van der Waals surface area contributed by atoms with Crippen molar-refractivity contribution in [3.05, 3.63) is 29.8 Å². The predicted molar refractivity (Wildman–Crippen MR) is 103 cm³/mol. The number of hydrogen-bond acceptors (Lipinski definition) is 4. The van der Waals surface area contributed by atoms with E-state index in [4.69, 9.17) is 22.7 Å². The maximum absolute atomic E-state index is 12.8. The van der Waals surface area contributed by atoms with Crippen LogP contribution in [0, 0.1) is 0 Å². The molecule has 2 amide bonds. The number of carbonyl (C=O) groups excluding carboxylic acids is 2. The first kappa shape index (κ1) is 18.4. The van der Waals surface area contributed by atoms with Crippen molar-refractivity contribution in [3.63, 3.8) is 0 Å². The second-order valence-electron chi connectivity index (χ2n) is 6.64. The maximum atomic E-state index is 12.8. The van der Waals surface area contributed by atoms with Crippen molar-refractivity contribution in [1.82, 2.24) is 9.80 Å². The van der Waals surface area contributed by atoms with Crippen molar-refractivity contribution < 1.29 is 14.3 Å². The van der Waals surface area contributed by atoms with Gasteiger partial charge in [0.25, 0.3) is 5.91 Å². The Balaban J connectivity index is 1.62. The van der Waals surface area contributed by atoms with Crippen molar-refractivity contribution in [2.45, 2.75) is 38.3 Å². The van der Waals surface area contributed by atoms with E-state index in [1.54, 1.807) is 18.2 Å². The fraction of sp³-hybridized carbons (Fsp3) is 0.500. The monoisotopic (exact) mass is 376 g/mol. The maximum Gasteiger partial charge on any atom is 0.410 e. The molecule has 140 valence electrons. The van der Waals surface area contributed by atoms with E-state index >= 15 is 0 Å². The fourth-order valence-electron chi connectivity index (χ4n) is 3.64. The summed E-state index contributed by atoms with van der Waals surface area (Å²) in [6, 6.07) is 7.43. The lowest BCUT2D eigenvalue weighted by Gasteiger charge is -2.37. The quantitative estimate of drug-likeness (QED) is 0.783. The lowest BCUT2D eigenvalue weighted by atomic mass is 10.0. The van der Waals surface area contributed by atoms with E-state index in [9.17, 15) is 9.59 Å². The molecule has 2 heterocycles. The molecule has 0 bridgehead atoms. The number of nitrogens with two attached hydrogens (primary N) is 1. The summed E-state index contributed by atoms with van der Waals surface area (Å²) in [4.78, 5) is 28.5. The van der Waals surface area contributed by atoms with Gasteiger partial charge in [0.1, 0.15) is 6.61 Å². The molecule has 0 aliphatic carbocycles. The topological polar surface area (TPSA) is 87.9 Å². The third-order valence-electron chi connectivity index (χ3n) is 5.00. The van der Waals surface area contributed by atoms with Gasteiger partial charge in [-0.25, -0.2) is 4.79 Å². The van der Waals surface area contributed by atoms with Crippen LogP contribution in [-0.2, 0) is 4.74 Å². The van der Waals surface area contributed by atoms with E-state index in [1.807, 2.05) is 15.9 Å². The van der Waals surface area contributed by atoms with Crippen LogP contribution < -0.4 is 11.1 Å². The lowest BCUT2D eigenvalue weighted by molar-refractivity contribution is 0.0635. The van der Waals surface area contributed by atoms with Crippen molar-refractivity contribution in [1.29, 1.82) is 0 Å². The average molecular weight is 376 g/mol. The zero-order chi connectivity index (χ0) is 18.7. The number of cyclic esters (lactones) is 1. The molecule has 0 radical (unpaired) electrons. The van der Waals surface area contributed by atoms with Crippen LogP contribution in [0.3, 0.4) is 0 Å². The van der Waals surface area contributed by atoms with E-state index in [1.165, 1.54) is 0 Å². The van der Waals surface area contributed by atoms with Gasteiger partial charge in [-0.3, -0.25) is 9.69 Å². The Morgan fingerprint density at radius 3 is 2.77 bits per heavy atom. The molecule has 8 heteroatoms. The van der Waals surface area contributed by atoms with Gasteiger partial charge in [0, 0.05) is 30.4 Å². The second kappa shape index (κ2) is 7.90. The Morgan fingerprint density at radius 1 is 1.38 bits per heavy atom. The van der Waals surface area contributed by atoms with Crippen molar-refractivity contribution in [2.75, 3.05) is 25.0 Å². The number of anilines is 1. The minimum absolute atomic E-state index is 0.0221. The number of likely N-dealkylation sites (tertiary alicyclic amines) is 1. The second-order valence-corrected chi connectivity index (χ2v) is 7.08. The van der Waals surface area contributed by atoms with Gasteiger partial charge in [-0.2, -0.15) is 0 Å². The molecule has 0 spiro atoms. The number of nitrogens with zero attached hydrogens (tertiary/aromatic N) is 2. The lowest BCUT2D eigenvalue weighted by Crippen LogP contribution is -2.49. The average Bonchev–Trinajstić information content (AvgIpc) is 3.01. The highest BCUT2D eigenvalue weighted by molar-refractivity contribution is 7.80. The van der Waals surface area contributed by atoms with Crippen LogP contribution in [0.15, 0.2) is 24.3 Å². The van der Waals surface area contributed by atoms with E-state index in [-0.39, 0.29) is 29.2 Å². The number of thiocarbonyl (C=S) groups is 1. The first-order valence-electron chi connectivity index (χ1n) is 8.90.